The fourth-order valence-corrected chi connectivity index (χ4v) is 14.9. The third-order valence-electron chi connectivity index (χ3n) is 21.1. The number of halogens is 4. The lowest BCUT2D eigenvalue weighted by molar-refractivity contribution is -0.160. The Labute approximate surface area is 851 Å². The fourth-order valence-electron chi connectivity index (χ4n) is 14.6. The first-order chi connectivity index (χ1) is 68.9. The Balaban J connectivity index is 0.000000205. The number of ketones is 4. The number of carboxylic acids is 2. The van der Waals surface area contributed by atoms with E-state index in [2.05, 4.69) is 71.8 Å². The molecular formula is C104H118Cl2F2N22O16. The van der Waals surface area contributed by atoms with Crippen molar-refractivity contribution in [3.63, 3.8) is 0 Å². The summed E-state index contributed by atoms with van der Waals surface area (Å²) >= 11 is 11.1. The number of ether oxygens (including phenoxy) is 2. The number of fused-ring (bicyclic) bond motifs is 4. The second-order valence-electron chi connectivity index (χ2n) is 36.5. The molecule has 0 unspecified atom stereocenters. The van der Waals surface area contributed by atoms with Crippen molar-refractivity contribution in [1.82, 2.24) is 78.2 Å². The van der Waals surface area contributed by atoms with Crippen LogP contribution in [0.3, 0.4) is 0 Å². The van der Waals surface area contributed by atoms with Crippen molar-refractivity contribution in [2.75, 3.05) is 58.5 Å². The smallest absolute Gasteiger partial charge is 0.326 e. The molecular weight excluding hydrogens is 1920 g/mol. The van der Waals surface area contributed by atoms with Gasteiger partial charge in [-0.15, -0.1) is 0 Å². The zero-order valence-electron chi connectivity index (χ0n) is 84.0. The van der Waals surface area contributed by atoms with E-state index in [1.54, 1.807) is 153 Å². The number of anilines is 10. The van der Waals surface area contributed by atoms with Gasteiger partial charge in [0.2, 0.25) is 23.6 Å². The van der Waals surface area contributed by atoms with Gasteiger partial charge in [-0.1, -0.05) is 49.2 Å². The van der Waals surface area contributed by atoms with Crippen LogP contribution in [-0.4, -0.2) is 215 Å². The normalized spacial score (nSPS) is 11.0. The minimum absolute atomic E-state index is 0.00986. The molecule has 0 aliphatic heterocycles. The first-order valence-electron chi connectivity index (χ1n) is 46.0. The number of hydrogen-bond donors (Lipinski definition) is 9. The van der Waals surface area contributed by atoms with E-state index in [0.717, 1.165) is 45.0 Å². The number of benzene rings is 6. The molecule has 0 bridgehead atoms. The van der Waals surface area contributed by atoms with Crippen LogP contribution in [0.25, 0.3) is 43.6 Å². The molecule has 6 aromatic carbocycles. The predicted octanol–water partition coefficient (Wildman–Crippen LogP) is 17.6. The number of amides is 4. The minimum atomic E-state index is -1.07. The number of nitrogens with one attached hydrogen (secondary N) is 6. The molecule has 42 heteroatoms. The van der Waals surface area contributed by atoms with E-state index in [-0.39, 0.29) is 144 Å². The molecule has 8 heterocycles. The number of carbonyl (C=O) groups is 12. The highest BCUT2D eigenvalue weighted by Crippen LogP contribution is 2.34. The summed E-state index contributed by atoms with van der Waals surface area (Å²) < 4.78 is 43.8. The Hall–Kier alpha value is -16.4. The van der Waals surface area contributed by atoms with Crippen LogP contribution in [0.2, 0.25) is 10.0 Å². The summed E-state index contributed by atoms with van der Waals surface area (Å²) in [5.41, 5.74) is 14.8. The fraction of sp³-hybridized carbons (Fsp3) is 0.308. The van der Waals surface area contributed by atoms with Crippen LogP contribution in [0.4, 0.5) is 65.7 Å². The maximum absolute atomic E-state index is 14.2. The molecule has 0 fully saturated rings. The third kappa shape index (κ3) is 33.7. The quantitative estimate of drug-likeness (QED) is 0.0105. The SMILES string of the molecule is CC(=O)c1cn(CC(=O)N(CC(=O)Nc2cccc(Cl)c2F)C(C)C)c2ccc(Nc3cncnc3)cc12.CC(=O)c1cn(CC(=O)N(CC(=O)O)C(C)C)c2ccc(Nc3cncnc3)cc12.CC(=O)c1cn(CC(=O)N(CC(=O)OC(C)(C)C)C(C)C)c2ccc(Nc3cncnc3)cc12.CC(=O)c1cn(CC(=O)O)c2ccc(Nc3cncnc3)cc12.CC(C)NCC(=O)OC(C)(C)C.Nc1cccc(Cl)c1F. The Morgan fingerprint density at radius 1 is 0.390 bits per heavy atom. The first kappa shape index (κ1) is 113. The van der Waals surface area contributed by atoms with Gasteiger partial charge in [0.15, 0.2) is 34.8 Å². The second kappa shape index (κ2) is 52.1. The average Bonchev–Trinajstić information content (AvgIpc) is 1.64. The maximum atomic E-state index is 14.2. The number of hydrogen-bond acceptors (Lipinski definition) is 28. The van der Waals surface area contributed by atoms with Crippen LogP contribution in [0.1, 0.15) is 166 Å². The molecule has 4 amide bonds. The molecule has 14 aromatic rings. The second-order valence-corrected chi connectivity index (χ2v) is 37.3. The van der Waals surface area contributed by atoms with E-state index in [1.165, 1.54) is 98.0 Å². The van der Waals surface area contributed by atoms with Gasteiger partial charge in [0.25, 0.3) is 0 Å². The number of Topliss-reactive ketones (excluding diaryl/α,β-unsaturated/α-hetero) is 4. The molecule has 0 spiro atoms. The van der Waals surface area contributed by atoms with Crippen LogP contribution in [-0.2, 0) is 74.0 Å². The summed E-state index contributed by atoms with van der Waals surface area (Å²) in [5.74, 6) is -5.93. The molecule has 0 saturated heterocycles. The minimum Gasteiger partial charge on any atom is -0.480 e. The topological polar surface area (TPSA) is 495 Å². The van der Waals surface area contributed by atoms with Crippen molar-refractivity contribution in [1.29, 1.82) is 0 Å². The van der Waals surface area contributed by atoms with Crippen LogP contribution in [0, 0.1) is 11.6 Å². The molecule has 768 valence electrons. The average molecular weight is 2040 g/mol. The zero-order chi connectivity index (χ0) is 107. The monoisotopic (exact) mass is 2040 g/mol. The number of nitrogens with zero attached hydrogens (tertiary/aromatic N) is 15. The van der Waals surface area contributed by atoms with Gasteiger partial charge < -0.3 is 90.3 Å². The Morgan fingerprint density at radius 2 is 0.685 bits per heavy atom. The third-order valence-corrected chi connectivity index (χ3v) is 21.7. The summed E-state index contributed by atoms with van der Waals surface area (Å²) in [6, 6.07) is 30.3. The number of carbonyl (C=O) groups excluding carboxylic acids is 10. The molecule has 14 rings (SSSR count). The maximum Gasteiger partial charge on any atom is 0.326 e. The Bertz CT molecular complexity index is 6990. The predicted molar refractivity (Wildman–Crippen MR) is 556 cm³/mol. The van der Waals surface area contributed by atoms with Crippen molar-refractivity contribution in [3.05, 3.63) is 253 Å². The molecule has 0 radical (unpaired) electrons. The number of aliphatic carboxylic acids is 2. The highest BCUT2D eigenvalue weighted by Gasteiger charge is 2.30. The van der Waals surface area contributed by atoms with Crippen molar-refractivity contribution >= 4 is 194 Å². The number of aromatic nitrogens is 12. The van der Waals surface area contributed by atoms with Crippen LogP contribution in [0.15, 0.2) is 209 Å². The zero-order valence-corrected chi connectivity index (χ0v) is 85.5. The molecule has 0 saturated carbocycles. The van der Waals surface area contributed by atoms with E-state index in [4.69, 9.17) is 48.6 Å². The van der Waals surface area contributed by atoms with Gasteiger partial charge in [-0.2, -0.15) is 0 Å². The van der Waals surface area contributed by atoms with Crippen molar-refractivity contribution in [2.45, 2.75) is 186 Å². The number of rotatable bonds is 33. The Morgan fingerprint density at radius 3 is 0.966 bits per heavy atom. The largest absolute Gasteiger partial charge is 0.480 e. The van der Waals surface area contributed by atoms with Gasteiger partial charge in [0.05, 0.1) is 100 Å². The van der Waals surface area contributed by atoms with E-state index >= 15 is 0 Å². The van der Waals surface area contributed by atoms with Crippen LogP contribution in [0.5, 0.6) is 0 Å². The molecule has 146 heavy (non-hydrogen) atoms. The van der Waals surface area contributed by atoms with Gasteiger partial charge in [0.1, 0.15) is 82.3 Å². The highest BCUT2D eigenvalue weighted by molar-refractivity contribution is 6.31. The molecule has 0 aliphatic carbocycles. The summed E-state index contributed by atoms with van der Waals surface area (Å²) in [6.07, 6.45) is 25.4. The van der Waals surface area contributed by atoms with Gasteiger partial charge in [-0.25, -0.2) is 48.7 Å². The van der Waals surface area contributed by atoms with Crippen LogP contribution >= 0.6 is 23.2 Å². The number of carboxylic acid groups (broad SMARTS) is 2. The van der Waals surface area contributed by atoms with E-state index in [1.807, 2.05) is 115 Å². The molecule has 0 atom stereocenters. The molecule has 8 aromatic heterocycles. The number of esters is 2. The van der Waals surface area contributed by atoms with E-state index in [0.29, 0.717) is 72.4 Å². The summed E-state index contributed by atoms with van der Waals surface area (Å²) in [5, 5.41) is 39.0. The molecule has 10 N–H and O–H groups in total. The number of nitrogen functional groups attached to an aromatic ring is 1. The molecule has 38 nitrogen and oxygen atoms in total. The van der Waals surface area contributed by atoms with Crippen molar-refractivity contribution < 1.29 is 86.0 Å². The van der Waals surface area contributed by atoms with Gasteiger partial charge >= 0.3 is 23.9 Å². The summed E-state index contributed by atoms with van der Waals surface area (Å²) in [4.78, 5) is 182. The van der Waals surface area contributed by atoms with Gasteiger partial charge in [-0.05, 0) is 208 Å². The van der Waals surface area contributed by atoms with Gasteiger partial charge in [0, 0.05) is 138 Å². The highest BCUT2D eigenvalue weighted by atomic mass is 35.5. The Kier molecular flexibility index (Phi) is 40.4. The van der Waals surface area contributed by atoms with Crippen molar-refractivity contribution in [2.24, 2.45) is 0 Å². The molecule has 0 aliphatic rings. The van der Waals surface area contributed by atoms with Crippen LogP contribution < -0.4 is 37.6 Å². The van der Waals surface area contributed by atoms with E-state index in [9.17, 15) is 66.3 Å². The van der Waals surface area contributed by atoms with Crippen molar-refractivity contribution in [3.8, 4) is 0 Å². The standard InChI is InChI=1S/C27H26ClFN6O3.C25H31N5O4.C21H23N5O4.C16H14N4O3.C9H19NO2.C6H5ClFN/c1-16(2)35(13-25(37)33-23-6-4-5-22(28)27(23)29)26(38)14-34-12-21(17(3)36)20-9-18(7-8-24(20)34)32-19-10-30-15-31-11-19;1-16(2)30(14-24(33)34-25(4,5)6)23(32)13-29-12-21(17(3)31)20-9-18(7-8-22(20)29)28-19-10-26-15-27-11-19;1-13(2)26(11-21(29)30)20(28)10-25-9-18(14(3)27)17-6-15(4-5-19(17)25)24-16-7-22-12-23-8-16;1-10(21)14-7-20(8-16(22)23)15-3-2-11(4-13(14)15)19-12-5-17-9-18-6-12;1-7(2)10-6-8(11)12-9(3,4)5;7-4-2-1-3-5(9)6(4)8/h4-12,15-16,32H,13-14H2,1-3H3,(H,33,37);7-12,15-16,28H,13-14H2,1-6H3;4-9,12-13,24H,10-11H2,1-3H3,(H,29,30);2-7,9,19H,8H2,1H3,(H,22,23);7,10H,6H2,1-5H3;1-3H,9H2. The first-order valence-corrected chi connectivity index (χ1v) is 46.7. The summed E-state index contributed by atoms with van der Waals surface area (Å²) in [7, 11) is 0. The summed E-state index contributed by atoms with van der Waals surface area (Å²) in [6.45, 7) is 30.7. The lowest BCUT2D eigenvalue weighted by atomic mass is 10.1. The lowest BCUT2D eigenvalue weighted by Gasteiger charge is -2.28. The van der Waals surface area contributed by atoms with Gasteiger partial charge in [-0.3, -0.25) is 57.5 Å². The number of nitrogens with two attached hydrogens (primary N) is 1. The lowest BCUT2D eigenvalue weighted by Crippen LogP contribution is -2.44. The van der Waals surface area contributed by atoms with E-state index < -0.39 is 41.1 Å².